The van der Waals surface area contributed by atoms with Crippen LogP contribution in [0.3, 0.4) is 0 Å². The molecule has 0 amide bonds. The lowest BCUT2D eigenvalue weighted by molar-refractivity contribution is -0.141. The molecule has 176 valence electrons. The van der Waals surface area contributed by atoms with Gasteiger partial charge >= 0.3 is 5.97 Å². The minimum atomic E-state index is -0.727. The molecule has 1 N–H and O–H groups in total. The van der Waals surface area contributed by atoms with Crippen LogP contribution in [-0.2, 0) is 19.1 Å². The normalized spacial score (nSPS) is 32.7. The zero-order valence-corrected chi connectivity index (χ0v) is 20.2. The smallest absolute Gasteiger partial charge is 0.302 e. The molecule has 0 aromatic rings. The fraction of sp³-hybridized carbons (Fsp3) is 0.630. The number of rotatable bonds is 3. The second-order valence-corrected chi connectivity index (χ2v) is 10.1. The molecule has 2 bridgehead atoms. The van der Waals surface area contributed by atoms with Crippen molar-refractivity contribution in [3.8, 4) is 0 Å². The third-order valence-corrected chi connectivity index (χ3v) is 7.59. The molecule has 0 radical (unpaired) electrons. The van der Waals surface area contributed by atoms with E-state index in [9.17, 15) is 14.7 Å². The molecule has 5 nitrogen and oxygen atoms in total. The van der Waals surface area contributed by atoms with Crippen LogP contribution < -0.4 is 0 Å². The van der Waals surface area contributed by atoms with Gasteiger partial charge in [0.2, 0.25) is 5.78 Å². The Kier molecular flexibility index (Phi) is 7.49. The zero-order valence-electron chi connectivity index (χ0n) is 20.2. The first kappa shape index (κ1) is 24.5. The number of carbonyl (C=O) groups is 2. The molecule has 32 heavy (non-hydrogen) atoms. The van der Waals surface area contributed by atoms with E-state index in [-0.39, 0.29) is 48.2 Å². The lowest BCUT2D eigenvalue weighted by atomic mass is 9.70. The Hall–Kier alpha value is -2.14. The molecule has 2 heterocycles. The average molecular weight is 443 g/mol. The van der Waals surface area contributed by atoms with E-state index in [2.05, 4.69) is 32.6 Å². The predicted molar refractivity (Wildman–Crippen MR) is 125 cm³/mol. The van der Waals surface area contributed by atoms with Crippen LogP contribution in [0.1, 0.15) is 73.1 Å². The van der Waals surface area contributed by atoms with Gasteiger partial charge in [-0.15, -0.1) is 0 Å². The molecular formula is C27H38O5. The topological polar surface area (TPSA) is 72.8 Å². The van der Waals surface area contributed by atoms with Crippen LogP contribution in [0, 0.1) is 17.3 Å². The number of Topliss-reactive ketones (excluding diaryl/α,β-unsaturated/α-hetero) is 1. The Morgan fingerprint density at radius 3 is 2.66 bits per heavy atom. The average Bonchev–Trinajstić information content (AvgIpc) is 2.94. The van der Waals surface area contributed by atoms with Crippen molar-refractivity contribution in [1.82, 2.24) is 0 Å². The van der Waals surface area contributed by atoms with Crippen LogP contribution in [0.2, 0.25) is 0 Å². The molecule has 3 aliphatic rings. The Morgan fingerprint density at radius 2 is 1.97 bits per heavy atom. The van der Waals surface area contributed by atoms with Gasteiger partial charge < -0.3 is 14.6 Å². The van der Waals surface area contributed by atoms with E-state index in [0.717, 1.165) is 25.7 Å². The van der Waals surface area contributed by atoms with E-state index in [1.165, 1.54) is 23.6 Å². The van der Waals surface area contributed by atoms with Crippen LogP contribution in [0.25, 0.3) is 0 Å². The molecule has 0 aromatic heterocycles. The maximum Gasteiger partial charge on any atom is 0.302 e. The minimum Gasteiger partial charge on any atom is -0.504 e. The highest BCUT2D eigenvalue weighted by atomic mass is 16.5. The number of hydrogen-bond donors (Lipinski definition) is 1. The molecule has 2 aliphatic heterocycles. The van der Waals surface area contributed by atoms with Gasteiger partial charge in [-0.1, -0.05) is 38.2 Å². The largest absolute Gasteiger partial charge is 0.504 e. The van der Waals surface area contributed by atoms with E-state index in [0.29, 0.717) is 18.4 Å². The number of fused-ring (bicyclic) bond motifs is 3. The van der Waals surface area contributed by atoms with Gasteiger partial charge in [0.15, 0.2) is 5.76 Å². The maximum absolute atomic E-state index is 13.3. The molecule has 5 unspecified atom stereocenters. The number of esters is 1. The molecule has 1 fully saturated rings. The summed E-state index contributed by atoms with van der Waals surface area (Å²) in [4.78, 5) is 24.7. The molecule has 1 aliphatic carbocycles. The standard InChI is InChI=1S/C27H38O5/c1-16-7-11-22-18(3)9-12-23(32-22)17(2)8-10-21-24(19(4)15-31-20(5)28)25(29)26(30)27(21,6)14-13-16/h8,13,19,21-23,29H,3,7,9-12,14-15H2,1-2,4-6H3. The summed E-state index contributed by atoms with van der Waals surface area (Å²) in [6.45, 7) is 13.8. The number of ether oxygens (including phenoxy) is 2. The molecule has 0 saturated carbocycles. The lowest BCUT2D eigenvalue weighted by Crippen LogP contribution is -2.32. The number of aliphatic hydroxyl groups is 1. The van der Waals surface area contributed by atoms with E-state index in [1.807, 2.05) is 13.8 Å². The van der Waals surface area contributed by atoms with Crippen LogP contribution in [-0.4, -0.2) is 35.7 Å². The third kappa shape index (κ3) is 4.93. The molecule has 1 saturated heterocycles. The van der Waals surface area contributed by atoms with Gasteiger partial charge in [-0.25, -0.2) is 0 Å². The molecule has 0 aromatic carbocycles. The highest BCUT2D eigenvalue weighted by molar-refractivity contribution is 6.02. The Bertz CT molecular complexity index is 876. The van der Waals surface area contributed by atoms with Crippen molar-refractivity contribution in [3.05, 3.63) is 46.8 Å². The fourth-order valence-corrected chi connectivity index (χ4v) is 5.33. The minimum absolute atomic E-state index is 0.0541. The van der Waals surface area contributed by atoms with Crippen LogP contribution in [0.4, 0.5) is 0 Å². The first-order valence-corrected chi connectivity index (χ1v) is 11.8. The Balaban J connectivity index is 1.98. The quantitative estimate of drug-likeness (QED) is 0.443. The lowest BCUT2D eigenvalue weighted by Gasteiger charge is -2.33. The van der Waals surface area contributed by atoms with Crippen molar-refractivity contribution in [2.24, 2.45) is 17.3 Å². The highest BCUT2D eigenvalue weighted by Gasteiger charge is 2.51. The molecule has 0 spiro atoms. The first-order chi connectivity index (χ1) is 15.0. The summed E-state index contributed by atoms with van der Waals surface area (Å²) in [5, 5.41) is 10.9. The van der Waals surface area contributed by atoms with Crippen molar-refractivity contribution in [1.29, 1.82) is 0 Å². The summed E-state index contributed by atoms with van der Waals surface area (Å²) in [6.07, 6.45) is 9.33. The van der Waals surface area contributed by atoms with Crippen LogP contribution >= 0.6 is 0 Å². The summed E-state index contributed by atoms with van der Waals surface area (Å²) in [7, 11) is 0. The van der Waals surface area contributed by atoms with E-state index in [1.54, 1.807) is 0 Å². The van der Waals surface area contributed by atoms with E-state index < -0.39 is 5.41 Å². The SMILES string of the molecule is C=C1CCC2OC1CCC(C)=CCC1(C)C(=O)C(O)=C(C(C)COC(C)=O)C1CC=C2C. The number of aliphatic hydroxyl groups excluding tert-OH is 1. The third-order valence-electron chi connectivity index (χ3n) is 7.59. The number of ketones is 1. The Labute approximate surface area is 192 Å². The van der Waals surface area contributed by atoms with E-state index >= 15 is 0 Å². The number of hydrogen-bond acceptors (Lipinski definition) is 5. The van der Waals surface area contributed by atoms with E-state index in [4.69, 9.17) is 9.47 Å². The van der Waals surface area contributed by atoms with Gasteiger partial charge in [-0.2, -0.15) is 0 Å². The van der Waals surface area contributed by atoms with Crippen LogP contribution in [0.5, 0.6) is 0 Å². The first-order valence-electron chi connectivity index (χ1n) is 11.8. The molecule has 3 rings (SSSR count). The summed E-state index contributed by atoms with van der Waals surface area (Å²) in [5.74, 6) is -1.11. The van der Waals surface area contributed by atoms with Crippen molar-refractivity contribution < 1.29 is 24.2 Å². The Morgan fingerprint density at radius 1 is 1.28 bits per heavy atom. The number of allylic oxidation sites excluding steroid dienone is 4. The maximum atomic E-state index is 13.3. The second-order valence-electron chi connectivity index (χ2n) is 10.1. The van der Waals surface area contributed by atoms with Crippen molar-refractivity contribution in [3.63, 3.8) is 0 Å². The monoisotopic (exact) mass is 442 g/mol. The summed E-state index contributed by atoms with van der Waals surface area (Å²) in [5.41, 5.74) is 3.54. The zero-order chi connectivity index (χ0) is 23.6. The molecular weight excluding hydrogens is 404 g/mol. The fourth-order valence-electron chi connectivity index (χ4n) is 5.33. The molecule has 5 heteroatoms. The van der Waals surface area contributed by atoms with Crippen molar-refractivity contribution >= 4 is 11.8 Å². The van der Waals surface area contributed by atoms with Crippen molar-refractivity contribution in [2.45, 2.75) is 85.4 Å². The van der Waals surface area contributed by atoms with Gasteiger partial charge in [-0.3, -0.25) is 9.59 Å². The summed E-state index contributed by atoms with van der Waals surface area (Å²) < 4.78 is 11.6. The van der Waals surface area contributed by atoms with Crippen LogP contribution in [0.15, 0.2) is 46.8 Å². The molecule has 5 atom stereocenters. The second kappa shape index (κ2) is 9.78. The number of carbonyl (C=O) groups excluding carboxylic acids is 2. The van der Waals surface area contributed by atoms with Crippen molar-refractivity contribution in [2.75, 3.05) is 6.61 Å². The highest BCUT2D eigenvalue weighted by Crippen LogP contribution is 2.51. The predicted octanol–water partition coefficient (Wildman–Crippen LogP) is 5.77. The van der Waals surface area contributed by atoms with Gasteiger partial charge in [0.1, 0.15) is 0 Å². The van der Waals surface area contributed by atoms with Gasteiger partial charge in [0.05, 0.1) is 18.8 Å². The van der Waals surface area contributed by atoms with Gasteiger partial charge in [0, 0.05) is 24.2 Å². The summed E-state index contributed by atoms with van der Waals surface area (Å²) >= 11 is 0. The summed E-state index contributed by atoms with van der Waals surface area (Å²) in [6, 6.07) is 0. The van der Waals surface area contributed by atoms with Gasteiger partial charge in [0.25, 0.3) is 0 Å². The van der Waals surface area contributed by atoms with Gasteiger partial charge in [-0.05, 0) is 69.1 Å².